The number of hydrogen-bond donors (Lipinski definition) is 2. The van der Waals surface area contributed by atoms with Crippen LogP contribution < -0.4 is 10.6 Å². The Morgan fingerprint density at radius 2 is 1.78 bits per heavy atom. The molecule has 8 heteroatoms. The molecule has 0 unspecified atom stereocenters. The largest absolute Gasteiger partial charge is 0.352 e. The van der Waals surface area contributed by atoms with Gasteiger partial charge in [0.05, 0.1) is 28.5 Å². The van der Waals surface area contributed by atoms with E-state index in [-0.39, 0.29) is 24.5 Å². The number of anilines is 1. The molecular formula is C28H26ClN5OS. The molecule has 182 valence electrons. The molecule has 2 aromatic heterocycles. The number of pyridine rings is 1. The summed E-state index contributed by atoms with van der Waals surface area (Å²) in [6.45, 7) is 4.23. The van der Waals surface area contributed by atoms with E-state index in [0.717, 1.165) is 34.0 Å². The van der Waals surface area contributed by atoms with Crippen LogP contribution in [0.4, 0.5) is 5.69 Å². The van der Waals surface area contributed by atoms with E-state index in [4.69, 9.17) is 23.8 Å². The molecule has 6 nitrogen and oxygen atoms in total. The Morgan fingerprint density at radius 1 is 1.06 bits per heavy atom. The Bertz CT molecular complexity index is 1410. The predicted molar refractivity (Wildman–Crippen MR) is 147 cm³/mol. The fourth-order valence-electron chi connectivity index (χ4n) is 4.88. The average Bonchev–Trinajstić information content (AvgIpc) is 3.35. The van der Waals surface area contributed by atoms with Gasteiger partial charge in [-0.2, -0.15) is 0 Å². The van der Waals surface area contributed by atoms with Gasteiger partial charge in [0.2, 0.25) is 5.91 Å². The molecule has 1 aliphatic heterocycles. The summed E-state index contributed by atoms with van der Waals surface area (Å²) in [6, 6.07) is 24.7. The zero-order chi connectivity index (χ0) is 25.2. The van der Waals surface area contributed by atoms with Crippen molar-refractivity contribution in [3.63, 3.8) is 0 Å². The normalized spacial score (nSPS) is 17.2. The quantitative estimate of drug-likeness (QED) is 0.320. The van der Waals surface area contributed by atoms with Gasteiger partial charge in [-0.15, -0.1) is 0 Å². The van der Waals surface area contributed by atoms with Crippen molar-refractivity contribution in [2.75, 3.05) is 11.9 Å². The molecule has 2 aromatic carbocycles. The summed E-state index contributed by atoms with van der Waals surface area (Å²) in [6.07, 6.45) is 1.77. The highest BCUT2D eigenvalue weighted by molar-refractivity contribution is 7.80. The first kappa shape index (κ1) is 24.0. The minimum Gasteiger partial charge on any atom is -0.352 e. The molecule has 1 aliphatic rings. The van der Waals surface area contributed by atoms with E-state index in [0.29, 0.717) is 10.1 Å². The summed E-state index contributed by atoms with van der Waals surface area (Å²) in [4.78, 5) is 19.6. The molecule has 2 N–H and O–H groups in total. The number of rotatable bonds is 6. The van der Waals surface area contributed by atoms with Gasteiger partial charge in [-0.05, 0) is 74.1 Å². The van der Waals surface area contributed by atoms with Crippen LogP contribution in [-0.2, 0) is 4.79 Å². The first-order valence-corrected chi connectivity index (χ1v) is 12.5. The van der Waals surface area contributed by atoms with Crippen molar-refractivity contribution in [1.82, 2.24) is 19.8 Å². The van der Waals surface area contributed by atoms with Crippen LogP contribution in [0.2, 0.25) is 5.02 Å². The minimum atomic E-state index is -0.239. The molecule has 0 spiro atoms. The maximum atomic E-state index is 13.1. The lowest BCUT2D eigenvalue weighted by atomic mass is 9.96. The maximum absolute atomic E-state index is 13.1. The second kappa shape index (κ2) is 10.1. The van der Waals surface area contributed by atoms with Gasteiger partial charge in [0.1, 0.15) is 6.54 Å². The van der Waals surface area contributed by atoms with E-state index >= 15 is 0 Å². The number of nitrogens with zero attached hydrogens (tertiary/aromatic N) is 3. The van der Waals surface area contributed by atoms with E-state index in [1.807, 2.05) is 77.7 Å². The SMILES string of the molecule is Cc1cc([C@@H]2[C@@H](c3ccccn3)NC(=S)N2CC(=O)Nc2ccccc2)c(C)n1-c1ccccc1Cl. The highest BCUT2D eigenvalue weighted by Crippen LogP contribution is 2.41. The van der Waals surface area contributed by atoms with Crippen LogP contribution in [0, 0.1) is 13.8 Å². The number of carbonyl (C=O) groups is 1. The molecule has 5 rings (SSSR count). The molecule has 1 fully saturated rings. The van der Waals surface area contributed by atoms with Crippen molar-refractivity contribution in [3.05, 3.63) is 113 Å². The van der Waals surface area contributed by atoms with E-state index < -0.39 is 0 Å². The van der Waals surface area contributed by atoms with Crippen LogP contribution in [0.15, 0.2) is 85.1 Å². The average molecular weight is 516 g/mol. The highest BCUT2D eigenvalue weighted by atomic mass is 35.5. The van der Waals surface area contributed by atoms with Gasteiger partial charge in [0, 0.05) is 23.3 Å². The van der Waals surface area contributed by atoms with E-state index in [1.54, 1.807) is 6.20 Å². The van der Waals surface area contributed by atoms with Crippen LogP contribution in [-0.4, -0.2) is 32.0 Å². The summed E-state index contributed by atoms with van der Waals surface area (Å²) in [5, 5.41) is 7.59. The van der Waals surface area contributed by atoms with Crippen LogP contribution in [0.5, 0.6) is 0 Å². The van der Waals surface area contributed by atoms with Gasteiger partial charge in [-0.3, -0.25) is 9.78 Å². The summed E-state index contributed by atoms with van der Waals surface area (Å²) >= 11 is 12.3. The van der Waals surface area contributed by atoms with Crippen molar-refractivity contribution >= 4 is 40.5 Å². The number of nitrogens with one attached hydrogen (secondary N) is 2. The number of aromatic nitrogens is 2. The van der Waals surface area contributed by atoms with Gasteiger partial charge >= 0.3 is 0 Å². The number of halogens is 1. The Hall–Kier alpha value is -3.68. The van der Waals surface area contributed by atoms with Gasteiger partial charge in [0.15, 0.2) is 5.11 Å². The zero-order valence-corrected chi connectivity index (χ0v) is 21.6. The summed E-state index contributed by atoms with van der Waals surface area (Å²) in [5.41, 5.74) is 5.65. The summed E-state index contributed by atoms with van der Waals surface area (Å²) in [7, 11) is 0. The van der Waals surface area contributed by atoms with E-state index in [9.17, 15) is 4.79 Å². The number of aryl methyl sites for hydroxylation is 1. The molecule has 0 aliphatic carbocycles. The monoisotopic (exact) mass is 515 g/mol. The standard InChI is InChI=1S/C28H26ClN5OS/c1-18-16-21(19(2)34(18)24-14-7-6-12-22(24)29)27-26(23-13-8-9-15-30-23)32-28(36)33(27)17-25(35)31-20-10-4-3-5-11-20/h3-16,26-27H,17H2,1-2H3,(H,31,35)(H,32,36)/t26-,27-/m1/s1. The van der Waals surface area contributed by atoms with E-state index in [1.165, 1.54) is 0 Å². The smallest absolute Gasteiger partial charge is 0.244 e. The second-order valence-electron chi connectivity index (χ2n) is 8.78. The lowest BCUT2D eigenvalue weighted by Gasteiger charge is -2.27. The third-order valence-electron chi connectivity index (χ3n) is 6.45. The molecule has 1 saturated heterocycles. The number of benzene rings is 2. The molecule has 0 saturated carbocycles. The molecule has 2 atom stereocenters. The number of para-hydroxylation sites is 2. The molecule has 4 aromatic rings. The Labute approximate surface area is 220 Å². The zero-order valence-electron chi connectivity index (χ0n) is 20.0. The van der Waals surface area contributed by atoms with Crippen LogP contribution in [0.3, 0.4) is 0 Å². The molecule has 3 heterocycles. The van der Waals surface area contributed by atoms with Gasteiger partial charge in [0.25, 0.3) is 0 Å². The van der Waals surface area contributed by atoms with Crippen molar-refractivity contribution in [1.29, 1.82) is 0 Å². The Balaban J connectivity index is 1.55. The first-order chi connectivity index (χ1) is 17.4. The highest BCUT2D eigenvalue weighted by Gasteiger charge is 2.42. The maximum Gasteiger partial charge on any atom is 0.244 e. The van der Waals surface area contributed by atoms with Crippen molar-refractivity contribution in [3.8, 4) is 5.69 Å². The first-order valence-electron chi connectivity index (χ1n) is 11.7. The summed E-state index contributed by atoms with van der Waals surface area (Å²) in [5.74, 6) is -0.142. The molecule has 36 heavy (non-hydrogen) atoms. The lowest BCUT2D eigenvalue weighted by molar-refractivity contribution is -0.116. The molecular weight excluding hydrogens is 490 g/mol. The third-order valence-corrected chi connectivity index (χ3v) is 7.12. The molecule has 1 amide bonds. The topological polar surface area (TPSA) is 62.2 Å². The van der Waals surface area contributed by atoms with Gasteiger partial charge in [-0.25, -0.2) is 0 Å². The molecule has 0 radical (unpaired) electrons. The fourth-order valence-corrected chi connectivity index (χ4v) is 5.41. The van der Waals surface area contributed by atoms with Crippen molar-refractivity contribution in [2.45, 2.75) is 25.9 Å². The summed E-state index contributed by atoms with van der Waals surface area (Å²) < 4.78 is 2.15. The second-order valence-corrected chi connectivity index (χ2v) is 9.58. The number of thiocarbonyl (C=S) groups is 1. The molecule has 0 bridgehead atoms. The van der Waals surface area contributed by atoms with Crippen molar-refractivity contribution < 1.29 is 4.79 Å². The van der Waals surface area contributed by atoms with Crippen molar-refractivity contribution in [2.24, 2.45) is 0 Å². The predicted octanol–water partition coefficient (Wildman–Crippen LogP) is 5.75. The third kappa shape index (κ3) is 4.59. The van der Waals surface area contributed by atoms with E-state index in [2.05, 4.69) is 40.1 Å². The number of amides is 1. The van der Waals surface area contributed by atoms with Crippen LogP contribution >= 0.6 is 23.8 Å². The lowest BCUT2D eigenvalue weighted by Crippen LogP contribution is -2.37. The number of hydrogen-bond acceptors (Lipinski definition) is 3. The minimum absolute atomic E-state index is 0.102. The fraction of sp³-hybridized carbons (Fsp3) is 0.179. The Morgan fingerprint density at radius 3 is 2.50 bits per heavy atom. The Kier molecular flexibility index (Phi) is 6.76. The number of carbonyl (C=O) groups excluding carboxylic acids is 1. The van der Waals surface area contributed by atoms with Gasteiger partial charge in [-0.1, -0.05) is 48.0 Å². The van der Waals surface area contributed by atoms with Crippen LogP contribution in [0.25, 0.3) is 5.69 Å². The van der Waals surface area contributed by atoms with Crippen LogP contribution in [0.1, 0.15) is 34.7 Å². The van der Waals surface area contributed by atoms with Gasteiger partial charge < -0.3 is 20.1 Å².